The Morgan fingerprint density at radius 1 is 1.53 bits per heavy atom. The Balaban J connectivity index is 2.21. The van der Waals surface area contributed by atoms with Crippen LogP contribution < -0.4 is 4.90 Å². The minimum absolute atomic E-state index is 0.743. The molecule has 0 heterocycles. The summed E-state index contributed by atoms with van der Waals surface area (Å²) in [5.41, 5.74) is 1.78. The van der Waals surface area contributed by atoms with E-state index in [2.05, 4.69) is 33.9 Å². The first-order valence-corrected chi connectivity index (χ1v) is 5.91. The molecule has 0 amide bonds. The molecule has 0 unspecified atom stereocenters. The van der Waals surface area contributed by atoms with Crippen LogP contribution in [0.4, 0.5) is 5.69 Å². The molecule has 0 saturated heterocycles. The van der Waals surface area contributed by atoms with Crippen LogP contribution in [0.15, 0.2) is 22.7 Å². The zero-order valence-electron chi connectivity index (χ0n) is 8.70. The van der Waals surface area contributed by atoms with Crippen molar-refractivity contribution >= 4 is 21.6 Å². The van der Waals surface area contributed by atoms with Crippen molar-refractivity contribution in [3.63, 3.8) is 0 Å². The molecule has 2 nitrogen and oxygen atoms in total. The summed E-state index contributed by atoms with van der Waals surface area (Å²) in [5, 5.41) is 9.04. The predicted molar refractivity (Wildman–Crippen MR) is 64.9 cm³/mol. The third kappa shape index (κ3) is 2.51. The van der Waals surface area contributed by atoms with E-state index in [9.17, 15) is 0 Å². The van der Waals surface area contributed by atoms with Gasteiger partial charge < -0.3 is 4.90 Å². The Bertz CT molecular complexity index is 405. The second kappa shape index (κ2) is 4.24. The van der Waals surface area contributed by atoms with Gasteiger partial charge in [-0.25, -0.2) is 0 Å². The van der Waals surface area contributed by atoms with E-state index in [-0.39, 0.29) is 0 Å². The third-order valence-corrected chi connectivity index (χ3v) is 3.21. The van der Waals surface area contributed by atoms with Crippen LogP contribution in [-0.2, 0) is 0 Å². The van der Waals surface area contributed by atoms with E-state index < -0.39 is 0 Å². The van der Waals surface area contributed by atoms with Gasteiger partial charge in [0, 0.05) is 18.1 Å². The molecule has 0 radical (unpaired) electrons. The summed E-state index contributed by atoms with van der Waals surface area (Å²) in [5.74, 6) is 0.838. The first kappa shape index (κ1) is 10.5. The van der Waals surface area contributed by atoms with Gasteiger partial charge in [0.1, 0.15) is 6.07 Å². The molecular formula is C12H13BrN2. The van der Waals surface area contributed by atoms with E-state index in [1.54, 1.807) is 0 Å². The van der Waals surface area contributed by atoms with Gasteiger partial charge in [-0.1, -0.05) is 15.9 Å². The van der Waals surface area contributed by atoms with Gasteiger partial charge in [-0.05, 0) is 37.0 Å². The highest BCUT2D eigenvalue weighted by molar-refractivity contribution is 9.10. The number of anilines is 1. The molecule has 0 aliphatic heterocycles. The van der Waals surface area contributed by atoms with Crippen molar-refractivity contribution in [3.05, 3.63) is 28.2 Å². The number of nitriles is 1. The molecule has 0 atom stereocenters. The van der Waals surface area contributed by atoms with E-state index in [1.165, 1.54) is 12.8 Å². The number of rotatable bonds is 3. The molecule has 1 aliphatic rings. The molecular weight excluding hydrogens is 252 g/mol. The highest BCUT2D eigenvalue weighted by atomic mass is 79.9. The first-order chi connectivity index (χ1) is 7.20. The van der Waals surface area contributed by atoms with Crippen LogP contribution in [0.1, 0.15) is 18.4 Å². The number of benzene rings is 1. The van der Waals surface area contributed by atoms with E-state index in [0.29, 0.717) is 0 Å². The summed E-state index contributed by atoms with van der Waals surface area (Å²) in [7, 11) is 2.06. The summed E-state index contributed by atoms with van der Waals surface area (Å²) < 4.78 is 0.961. The Hall–Kier alpha value is -1.01. The van der Waals surface area contributed by atoms with Crippen LogP contribution in [-0.4, -0.2) is 13.6 Å². The maximum atomic E-state index is 9.04. The number of hydrogen-bond acceptors (Lipinski definition) is 2. The Morgan fingerprint density at radius 2 is 2.27 bits per heavy atom. The van der Waals surface area contributed by atoms with Crippen LogP contribution in [0, 0.1) is 17.2 Å². The van der Waals surface area contributed by atoms with Crippen molar-refractivity contribution < 1.29 is 0 Å². The van der Waals surface area contributed by atoms with E-state index in [0.717, 1.165) is 28.2 Å². The smallest absolute Gasteiger partial charge is 0.101 e. The Morgan fingerprint density at radius 3 is 2.87 bits per heavy atom. The van der Waals surface area contributed by atoms with Crippen molar-refractivity contribution in [1.29, 1.82) is 5.26 Å². The zero-order chi connectivity index (χ0) is 10.8. The molecule has 1 fully saturated rings. The summed E-state index contributed by atoms with van der Waals surface area (Å²) in [6.07, 6.45) is 2.67. The van der Waals surface area contributed by atoms with Gasteiger partial charge in [0.25, 0.3) is 0 Å². The summed E-state index contributed by atoms with van der Waals surface area (Å²) in [4.78, 5) is 2.18. The van der Waals surface area contributed by atoms with Crippen molar-refractivity contribution in [2.75, 3.05) is 18.5 Å². The molecule has 0 bridgehead atoms. The highest BCUT2D eigenvalue weighted by Gasteiger charge is 2.23. The van der Waals surface area contributed by atoms with Gasteiger partial charge in [-0.15, -0.1) is 0 Å². The molecule has 1 aromatic carbocycles. The Kier molecular flexibility index (Phi) is 2.97. The Labute approximate surface area is 98.6 Å². The average molecular weight is 265 g/mol. The van der Waals surface area contributed by atoms with Crippen LogP contribution in [0.2, 0.25) is 0 Å². The number of hydrogen-bond donors (Lipinski definition) is 0. The van der Waals surface area contributed by atoms with Gasteiger partial charge in [-0.3, -0.25) is 0 Å². The molecule has 1 aromatic rings. The van der Waals surface area contributed by atoms with Gasteiger partial charge in [0.15, 0.2) is 0 Å². The second-order valence-corrected chi connectivity index (χ2v) is 5.01. The molecule has 0 spiro atoms. The SMILES string of the molecule is CN(CC1CC1)c1ccc(Br)cc1C#N. The lowest BCUT2D eigenvalue weighted by Crippen LogP contribution is -2.20. The average Bonchev–Trinajstić information content (AvgIpc) is 3.01. The monoisotopic (exact) mass is 264 g/mol. The van der Waals surface area contributed by atoms with Gasteiger partial charge >= 0.3 is 0 Å². The predicted octanol–water partition coefficient (Wildman–Crippen LogP) is 3.17. The fraction of sp³-hybridized carbons (Fsp3) is 0.417. The van der Waals surface area contributed by atoms with Gasteiger partial charge in [0.05, 0.1) is 11.3 Å². The molecule has 15 heavy (non-hydrogen) atoms. The number of halogens is 1. The molecule has 3 heteroatoms. The molecule has 1 saturated carbocycles. The standard InChI is InChI=1S/C12H13BrN2/c1-15(8-9-2-3-9)12-5-4-11(13)6-10(12)7-14/h4-6,9H,2-3,8H2,1H3. The quantitative estimate of drug-likeness (QED) is 0.839. The lowest BCUT2D eigenvalue weighted by molar-refractivity contribution is 0.786. The maximum Gasteiger partial charge on any atom is 0.101 e. The minimum Gasteiger partial charge on any atom is -0.373 e. The van der Waals surface area contributed by atoms with E-state index >= 15 is 0 Å². The zero-order valence-corrected chi connectivity index (χ0v) is 10.3. The van der Waals surface area contributed by atoms with Crippen LogP contribution >= 0.6 is 15.9 Å². The minimum atomic E-state index is 0.743. The first-order valence-electron chi connectivity index (χ1n) is 5.11. The largest absolute Gasteiger partial charge is 0.373 e. The number of nitrogens with zero attached hydrogens (tertiary/aromatic N) is 2. The highest BCUT2D eigenvalue weighted by Crippen LogP contribution is 2.32. The summed E-state index contributed by atoms with van der Waals surface area (Å²) >= 11 is 3.38. The normalized spacial score (nSPS) is 14.7. The van der Waals surface area contributed by atoms with Crippen LogP contribution in [0.5, 0.6) is 0 Å². The molecule has 78 valence electrons. The van der Waals surface area contributed by atoms with Crippen LogP contribution in [0.3, 0.4) is 0 Å². The van der Waals surface area contributed by atoms with Crippen molar-refractivity contribution in [2.24, 2.45) is 5.92 Å². The molecule has 2 rings (SSSR count). The summed E-state index contributed by atoms with van der Waals surface area (Å²) in [6.45, 7) is 1.07. The van der Waals surface area contributed by atoms with E-state index in [4.69, 9.17) is 5.26 Å². The van der Waals surface area contributed by atoms with Gasteiger partial charge in [-0.2, -0.15) is 5.26 Å². The van der Waals surface area contributed by atoms with Crippen molar-refractivity contribution in [2.45, 2.75) is 12.8 Å². The van der Waals surface area contributed by atoms with Crippen molar-refractivity contribution in [3.8, 4) is 6.07 Å². The second-order valence-electron chi connectivity index (χ2n) is 4.10. The van der Waals surface area contributed by atoms with E-state index in [1.807, 2.05) is 18.2 Å². The molecule has 1 aliphatic carbocycles. The topological polar surface area (TPSA) is 27.0 Å². The fourth-order valence-electron chi connectivity index (χ4n) is 1.72. The van der Waals surface area contributed by atoms with Crippen molar-refractivity contribution in [1.82, 2.24) is 0 Å². The summed E-state index contributed by atoms with van der Waals surface area (Å²) in [6, 6.07) is 8.10. The third-order valence-electron chi connectivity index (χ3n) is 2.72. The van der Waals surface area contributed by atoms with Gasteiger partial charge in [0.2, 0.25) is 0 Å². The molecule has 0 N–H and O–H groups in total. The maximum absolute atomic E-state index is 9.04. The lowest BCUT2D eigenvalue weighted by atomic mass is 10.2. The molecule has 0 aromatic heterocycles. The van der Waals surface area contributed by atoms with Crippen LogP contribution in [0.25, 0.3) is 0 Å². The lowest BCUT2D eigenvalue weighted by Gasteiger charge is -2.20. The fourth-order valence-corrected chi connectivity index (χ4v) is 2.08.